The quantitative estimate of drug-likeness (QED) is 0.601. The number of hydrogen-bond donors (Lipinski definition) is 3. The highest BCUT2D eigenvalue weighted by atomic mass is 16.4. The minimum atomic E-state index is -0.740. The number of nitrogens with one attached hydrogen (secondary N) is 2. The van der Waals surface area contributed by atoms with E-state index >= 15 is 0 Å². The van der Waals surface area contributed by atoms with Crippen molar-refractivity contribution >= 4 is 34.4 Å². The van der Waals surface area contributed by atoms with Gasteiger partial charge in [0.05, 0.1) is 5.39 Å². The summed E-state index contributed by atoms with van der Waals surface area (Å²) < 4.78 is 5.53. The molecule has 5 rings (SSSR count). The number of primary amides is 1. The number of likely N-dealkylation sites (tertiary alicyclic amines) is 1. The van der Waals surface area contributed by atoms with E-state index in [4.69, 9.17) is 10.2 Å². The van der Waals surface area contributed by atoms with Crippen LogP contribution in [0.15, 0.2) is 40.8 Å². The number of benzene rings is 1. The monoisotopic (exact) mass is 419 g/mol. The molecule has 2 atom stereocenters. The van der Waals surface area contributed by atoms with Gasteiger partial charge in [0.15, 0.2) is 0 Å². The average Bonchev–Trinajstić information content (AvgIpc) is 3.39. The van der Waals surface area contributed by atoms with E-state index in [0.29, 0.717) is 30.4 Å². The van der Waals surface area contributed by atoms with Gasteiger partial charge in [0.1, 0.15) is 5.69 Å². The van der Waals surface area contributed by atoms with Gasteiger partial charge in [0.25, 0.3) is 5.91 Å². The third kappa shape index (κ3) is 3.58. The Bertz CT molecular complexity index is 1170. The maximum atomic E-state index is 13.0. The molecule has 1 saturated heterocycles. The number of aryl methyl sites for hydroxylation is 2. The van der Waals surface area contributed by atoms with E-state index in [1.54, 1.807) is 17.0 Å². The smallest absolute Gasteiger partial charge is 0.321 e. The van der Waals surface area contributed by atoms with Crippen LogP contribution in [0.4, 0.5) is 16.2 Å². The van der Waals surface area contributed by atoms with E-state index in [1.165, 1.54) is 11.3 Å². The van der Waals surface area contributed by atoms with Gasteiger partial charge in [-0.05, 0) is 55.9 Å². The van der Waals surface area contributed by atoms with Gasteiger partial charge in [0.2, 0.25) is 11.5 Å². The predicted octanol–water partition coefficient (Wildman–Crippen LogP) is 3.52. The zero-order valence-corrected chi connectivity index (χ0v) is 17.4. The van der Waals surface area contributed by atoms with Gasteiger partial charge in [-0.1, -0.05) is 18.2 Å². The van der Waals surface area contributed by atoms with E-state index in [-0.39, 0.29) is 23.2 Å². The van der Waals surface area contributed by atoms with E-state index < -0.39 is 5.91 Å². The van der Waals surface area contributed by atoms with Crippen LogP contribution in [0.5, 0.6) is 0 Å². The molecule has 2 aromatic heterocycles. The number of pyridine rings is 1. The van der Waals surface area contributed by atoms with E-state index in [2.05, 4.69) is 33.8 Å². The molecular weight excluding hydrogens is 394 g/mol. The van der Waals surface area contributed by atoms with Crippen molar-refractivity contribution < 1.29 is 14.0 Å². The predicted molar refractivity (Wildman–Crippen MR) is 118 cm³/mol. The first-order chi connectivity index (χ1) is 15.0. The molecule has 3 aromatic rings. The second-order valence-corrected chi connectivity index (χ2v) is 8.35. The Balaban J connectivity index is 1.30. The SMILES string of the molecule is Cc1ccc2c(NC(=O)N3CCC([C@H]4CCc5ccccc5N4)C3)c(C(N)=O)oc2n1. The summed E-state index contributed by atoms with van der Waals surface area (Å²) in [5.74, 6) is -0.446. The Kier molecular flexibility index (Phi) is 4.77. The minimum absolute atomic E-state index is 0.0808. The van der Waals surface area contributed by atoms with Crippen molar-refractivity contribution in [1.29, 1.82) is 0 Å². The Hall–Kier alpha value is -3.55. The van der Waals surface area contributed by atoms with Crippen molar-refractivity contribution in [1.82, 2.24) is 9.88 Å². The van der Waals surface area contributed by atoms with Crippen LogP contribution in [0, 0.1) is 12.8 Å². The van der Waals surface area contributed by atoms with Crippen molar-refractivity contribution in [3.8, 4) is 0 Å². The molecule has 2 aliphatic heterocycles. The molecule has 31 heavy (non-hydrogen) atoms. The number of anilines is 2. The number of nitrogens with zero attached hydrogens (tertiary/aromatic N) is 2. The fourth-order valence-corrected chi connectivity index (χ4v) is 4.67. The first kappa shape index (κ1) is 19.4. The van der Waals surface area contributed by atoms with Crippen LogP contribution in [0.25, 0.3) is 11.1 Å². The van der Waals surface area contributed by atoms with Crippen LogP contribution in [0.3, 0.4) is 0 Å². The highest BCUT2D eigenvalue weighted by molar-refractivity contribution is 6.09. The molecule has 8 nitrogen and oxygen atoms in total. The third-order valence-electron chi connectivity index (χ3n) is 6.31. The maximum absolute atomic E-state index is 13.0. The molecule has 4 heterocycles. The molecule has 8 heteroatoms. The molecule has 3 amide bonds. The summed E-state index contributed by atoms with van der Waals surface area (Å²) in [4.78, 5) is 30.9. The van der Waals surface area contributed by atoms with E-state index in [9.17, 15) is 9.59 Å². The van der Waals surface area contributed by atoms with Crippen LogP contribution < -0.4 is 16.4 Å². The van der Waals surface area contributed by atoms with E-state index in [0.717, 1.165) is 25.0 Å². The summed E-state index contributed by atoms with van der Waals surface area (Å²) in [5.41, 5.74) is 9.33. The first-order valence-corrected chi connectivity index (χ1v) is 10.6. The molecule has 2 aliphatic rings. The zero-order chi connectivity index (χ0) is 21.5. The number of carbonyl (C=O) groups excluding carboxylic acids is 2. The fourth-order valence-electron chi connectivity index (χ4n) is 4.67. The molecule has 0 spiro atoms. The summed E-state index contributed by atoms with van der Waals surface area (Å²) in [7, 11) is 0. The number of fused-ring (bicyclic) bond motifs is 2. The Labute approximate surface area is 179 Å². The number of urea groups is 1. The van der Waals surface area contributed by atoms with Gasteiger partial charge in [-0.15, -0.1) is 0 Å². The Morgan fingerprint density at radius 2 is 2.06 bits per heavy atom. The van der Waals surface area contributed by atoms with Crippen molar-refractivity contribution in [2.75, 3.05) is 23.7 Å². The summed E-state index contributed by atoms with van der Waals surface area (Å²) in [5, 5.41) is 7.07. The second kappa shape index (κ2) is 7.61. The lowest BCUT2D eigenvalue weighted by atomic mass is 9.89. The maximum Gasteiger partial charge on any atom is 0.321 e. The van der Waals surface area contributed by atoms with Gasteiger partial charge < -0.3 is 25.7 Å². The van der Waals surface area contributed by atoms with Gasteiger partial charge in [-0.3, -0.25) is 4.79 Å². The summed E-state index contributed by atoms with van der Waals surface area (Å²) in [6.07, 6.45) is 3.04. The molecule has 1 fully saturated rings. The lowest BCUT2D eigenvalue weighted by Crippen LogP contribution is -2.37. The second-order valence-electron chi connectivity index (χ2n) is 8.35. The lowest BCUT2D eigenvalue weighted by molar-refractivity contribution is 0.0977. The number of amides is 3. The highest BCUT2D eigenvalue weighted by Gasteiger charge is 2.34. The number of furan rings is 1. The van der Waals surface area contributed by atoms with Crippen LogP contribution in [0.1, 0.15) is 34.7 Å². The van der Waals surface area contributed by atoms with Crippen LogP contribution in [0.2, 0.25) is 0 Å². The van der Waals surface area contributed by atoms with Crippen LogP contribution in [-0.2, 0) is 6.42 Å². The molecule has 1 aromatic carbocycles. The van der Waals surface area contributed by atoms with Crippen LogP contribution >= 0.6 is 0 Å². The van der Waals surface area contributed by atoms with Crippen molar-refractivity contribution in [2.45, 2.75) is 32.2 Å². The largest absolute Gasteiger partial charge is 0.430 e. The van der Waals surface area contributed by atoms with E-state index in [1.807, 2.05) is 13.0 Å². The molecule has 1 unspecified atom stereocenters. The summed E-state index contributed by atoms with van der Waals surface area (Å²) in [6.45, 7) is 3.15. The fraction of sp³-hybridized carbons (Fsp3) is 0.348. The normalized spacial score (nSPS) is 20.4. The summed E-state index contributed by atoms with van der Waals surface area (Å²) >= 11 is 0. The van der Waals surface area contributed by atoms with Crippen molar-refractivity contribution in [3.63, 3.8) is 0 Å². The van der Waals surface area contributed by atoms with Gasteiger partial charge in [-0.2, -0.15) is 0 Å². The highest BCUT2D eigenvalue weighted by Crippen LogP contribution is 2.33. The zero-order valence-electron chi connectivity index (χ0n) is 17.4. The first-order valence-electron chi connectivity index (χ1n) is 10.6. The Morgan fingerprint density at radius 1 is 1.23 bits per heavy atom. The van der Waals surface area contributed by atoms with Gasteiger partial charge in [-0.25, -0.2) is 9.78 Å². The van der Waals surface area contributed by atoms with Crippen LogP contribution in [-0.4, -0.2) is 41.0 Å². The van der Waals surface area contributed by atoms with Gasteiger partial charge in [0, 0.05) is 30.5 Å². The number of rotatable bonds is 3. The number of carbonyl (C=O) groups is 2. The molecule has 160 valence electrons. The molecule has 0 saturated carbocycles. The molecule has 0 radical (unpaired) electrons. The summed E-state index contributed by atoms with van der Waals surface area (Å²) in [6, 6.07) is 12.1. The standard InChI is InChI=1S/C23H25N5O3/c1-13-6-8-16-19(20(21(24)29)31-22(16)25-13)27-23(30)28-11-10-15(12-28)18-9-7-14-4-2-3-5-17(14)26-18/h2-6,8,15,18,26H,7,9-12H2,1H3,(H2,24,29)(H,27,30)/t15?,18-/m1/s1. The number of nitrogens with two attached hydrogens (primary N) is 1. The minimum Gasteiger partial charge on any atom is -0.430 e. The average molecular weight is 419 g/mol. The van der Waals surface area contributed by atoms with Crippen molar-refractivity contribution in [2.24, 2.45) is 11.7 Å². The molecule has 0 bridgehead atoms. The Morgan fingerprint density at radius 3 is 2.90 bits per heavy atom. The number of aromatic nitrogens is 1. The molecular formula is C23H25N5O3. The topological polar surface area (TPSA) is 113 Å². The number of hydrogen-bond acceptors (Lipinski definition) is 5. The number of para-hydroxylation sites is 1. The van der Waals surface area contributed by atoms with Gasteiger partial charge >= 0.3 is 6.03 Å². The molecule has 4 N–H and O–H groups in total. The third-order valence-corrected chi connectivity index (χ3v) is 6.31. The lowest BCUT2D eigenvalue weighted by Gasteiger charge is -2.31. The van der Waals surface area contributed by atoms with Crippen molar-refractivity contribution in [3.05, 3.63) is 53.4 Å². The molecule has 0 aliphatic carbocycles.